The highest BCUT2D eigenvalue weighted by molar-refractivity contribution is 5.78. The highest BCUT2D eigenvalue weighted by Gasteiger charge is 2.53. The molecule has 1 aromatic rings. The van der Waals surface area contributed by atoms with E-state index in [2.05, 4.69) is 5.32 Å². The molecular formula is C16H21NO6. The zero-order valence-electron chi connectivity index (χ0n) is 13.3. The van der Waals surface area contributed by atoms with Gasteiger partial charge in [-0.15, -0.1) is 0 Å². The summed E-state index contributed by atoms with van der Waals surface area (Å²) in [4.78, 5) is 23.7. The SMILES string of the molecule is CO[C@@H]1C(=O)O[C@@H](C)[C@@H](NC(=O)OCc2ccccc2)[C@@]1(C)O. The number of aliphatic hydroxyl groups is 1. The van der Waals surface area contributed by atoms with E-state index < -0.39 is 35.9 Å². The summed E-state index contributed by atoms with van der Waals surface area (Å²) >= 11 is 0. The Morgan fingerprint density at radius 2 is 2.04 bits per heavy atom. The fourth-order valence-corrected chi connectivity index (χ4v) is 2.68. The summed E-state index contributed by atoms with van der Waals surface area (Å²) in [6.07, 6.45) is -2.61. The minimum atomic E-state index is -1.62. The average Bonchev–Trinajstić information content (AvgIpc) is 2.50. The van der Waals surface area contributed by atoms with Gasteiger partial charge in [0.05, 0.1) is 0 Å². The van der Waals surface area contributed by atoms with E-state index in [1.165, 1.54) is 14.0 Å². The van der Waals surface area contributed by atoms with E-state index in [1.807, 2.05) is 30.3 Å². The third-order valence-corrected chi connectivity index (χ3v) is 3.87. The third-order valence-electron chi connectivity index (χ3n) is 3.87. The second kappa shape index (κ2) is 6.97. The van der Waals surface area contributed by atoms with Crippen LogP contribution in [0.3, 0.4) is 0 Å². The molecule has 0 bridgehead atoms. The zero-order chi connectivity index (χ0) is 17.0. The number of amides is 1. The van der Waals surface area contributed by atoms with Crippen molar-refractivity contribution in [1.29, 1.82) is 0 Å². The topological polar surface area (TPSA) is 94.1 Å². The van der Waals surface area contributed by atoms with E-state index in [-0.39, 0.29) is 6.61 Å². The van der Waals surface area contributed by atoms with Crippen molar-refractivity contribution >= 4 is 12.1 Å². The monoisotopic (exact) mass is 323 g/mol. The minimum absolute atomic E-state index is 0.101. The van der Waals surface area contributed by atoms with E-state index >= 15 is 0 Å². The number of hydrogen-bond acceptors (Lipinski definition) is 6. The van der Waals surface area contributed by atoms with Crippen LogP contribution < -0.4 is 5.32 Å². The predicted molar refractivity (Wildman–Crippen MR) is 80.5 cm³/mol. The molecule has 0 spiro atoms. The molecule has 1 aliphatic rings. The first kappa shape index (κ1) is 17.2. The van der Waals surface area contributed by atoms with Gasteiger partial charge in [0.1, 0.15) is 24.4 Å². The Bertz CT molecular complexity index is 559. The summed E-state index contributed by atoms with van der Waals surface area (Å²) in [5, 5.41) is 13.1. The van der Waals surface area contributed by atoms with Crippen molar-refractivity contribution in [2.45, 2.75) is 44.3 Å². The Kier molecular flexibility index (Phi) is 5.23. The van der Waals surface area contributed by atoms with Gasteiger partial charge in [-0.05, 0) is 19.4 Å². The van der Waals surface area contributed by atoms with Crippen LogP contribution in [0.2, 0.25) is 0 Å². The molecule has 0 aliphatic carbocycles. The number of cyclic esters (lactones) is 1. The number of hydrogen-bond donors (Lipinski definition) is 2. The van der Waals surface area contributed by atoms with Crippen molar-refractivity contribution in [1.82, 2.24) is 5.32 Å². The number of carbonyl (C=O) groups excluding carboxylic acids is 2. The van der Waals surface area contributed by atoms with Crippen LogP contribution in [0.15, 0.2) is 30.3 Å². The van der Waals surface area contributed by atoms with Gasteiger partial charge < -0.3 is 24.6 Å². The van der Waals surface area contributed by atoms with Gasteiger partial charge in [0.15, 0.2) is 6.10 Å². The van der Waals surface area contributed by atoms with Crippen LogP contribution in [-0.4, -0.2) is 48.1 Å². The van der Waals surface area contributed by atoms with E-state index in [9.17, 15) is 14.7 Å². The quantitative estimate of drug-likeness (QED) is 0.803. The molecule has 7 nitrogen and oxygen atoms in total. The maximum absolute atomic E-state index is 12.0. The fourth-order valence-electron chi connectivity index (χ4n) is 2.68. The van der Waals surface area contributed by atoms with Gasteiger partial charge in [0, 0.05) is 7.11 Å². The molecule has 0 radical (unpaired) electrons. The first-order valence-corrected chi connectivity index (χ1v) is 7.29. The Balaban J connectivity index is 1.99. The summed E-state index contributed by atoms with van der Waals surface area (Å²) in [6.45, 7) is 3.10. The van der Waals surface area contributed by atoms with Gasteiger partial charge in [-0.25, -0.2) is 9.59 Å². The van der Waals surface area contributed by atoms with Crippen LogP contribution in [0.4, 0.5) is 4.79 Å². The summed E-state index contributed by atoms with van der Waals surface area (Å²) in [7, 11) is 1.29. The highest BCUT2D eigenvalue weighted by atomic mass is 16.6. The van der Waals surface area contributed by atoms with E-state index in [1.54, 1.807) is 6.92 Å². The Morgan fingerprint density at radius 3 is 2.65 bits per heavy atom. The van der Waals surface area contributed by atoms with Gasteiger partial charge in [-0.2, -0.15) is 0 Å². The molecule has 1 heterocycles. The molecule has 126 valence electrons. The van der Waals surface area contributed by atoms with E-state index in [0.29, 0.717) is 0 Å². The molecule has 1 amide bonds. The van der Waals surface area contributed by atoms with Crippen LogP contribution in [0.25, 0.3) is 0 Å². The predicted octanol–water partition coefficient (Wildman–Crippen LogP) is 0.993. The van der Waals surface area contributed by atoms with Crippen molar-refractivity contribution in [2.75, 3.05) is 7.11 Å². The first-order valence-electron chi connectivity index (χ1n) is 7.29. The molecule has 2 N–H and O–H groups in total. The second-order valence-electron chi connectivity index (χ2n) is 5.67. The molecule has 1 aromatic carbocycles. The Hall–Kier alpha value is -2.12. The normalized spacial score (nSPS) is 30.4. The second-order valence-corrected chi connectivity index (χ2v) is 5.67. The number of ether oxygens (including phenoxy) is 3. The molecule has 7 heteroatoms. The summed E-state index contributed by atoms with van der Waals surface area (Å²) in [6, 6.07) is 8.35. The third kappa shape index (κ3) is 3.80. The first-order chi connectivity index (χ1) is 10.9. The van der Waals surface area contributed by atoms with E-state index in [4.69, 9.17) is 14.2 Å². The number of esters is 1. The molecule has 1 fully saturated rings. The van der Waals surface area contributed by atoms with Crippen LogP contribution in [0, 0.1) is 0 Å². The van der Waals surface area contributed by atoms with Crippen molar-refractivity contribution in [2.24, 2.45) is 0 Å². The number of methoxy groups -OCH3 is 1. The lowest BCUT2D eigenvalue weighted by atomic mass is 9.84. The molecule has 0 aromatic heterocycles. The van der Waals surface area contributed by atoms with Crippen molar-refractivity contribution in [3.05, 3.63) is 35.9 Å². The molecule has 0 unspecified atom stereocenters. The average molecular weight is 323 g/mol. The standard InChI is InChI=1S/C16H21NO6/c1-10-12(16(2,20)13(21-3)14(18)23-10)17-15(19)22-9-11-7-5-4-6-8-11/h4-8,10,12-13,20H,9H2,1-3H3,(H,17,19)/t10-,12+,13+,16+/m0/s1. The molecule has 1 saturated heterocycles. The Labute approximate surface area is 134 Å². The molecular weight excluding hydrogens is 302 g/mol. The number of nitrogens with one attached hydrogen (secondary N) is 1. The summed E-state index contributed by atoms with van der Waals surface area (Å²) in [5.41, 5.74) is -0.776. The van der Waals surface area contributed by atoms with Crippen molar-refractivity contribution in [3.8, 4) is 0 Å². The van der Waals surface area contributed by atoms with Crippen LogP contribution in [0.5, 0.6) is 0 Å². The zero-order valence-corrected chi connectivity index (χ0v) is 13.3. The van der Waals surface area contributed by atoms with Crippen LogP contribution >= 0.6 is 0 Å². The molecule has 1 aliphatic heterocycles. The molecule has 0 saturated carbocycles. The van der Waals surface area contributed by atoms with Gasteiger partial charge in [0.25, 0.3) is 0 Å². The number of carbonyl (C=O) groups is 2. The lowest BCUT2D eigenvalue weighted by Gasteiger charge is -2.44. The summed E-state index contributed by atoms with van der Waals surface area (Å²) in [5.74, 6) is -0.666. The number of alkyl carbamates (subject to hydrolysis) is 1. The van der Waals surface area contributed by atoms with Crippen LogP contribution in [-0.2, 0) is 25.6 Å². The number of rotatable bonds is 4. The molecule has 4 atom stereocenters. The van der Waals surface area contributed by atoms with Crippen molar-refractivity contribution < 1.29 is 28.9 Å². The maximum Gasteiger partial charge on any atom is 0.407 e. The smallest absolute Gasteiger partial charge is 0.407 e. The number of benzene rings is 1. The minimum Gasteiger partial charge on any atom is -0.458 e. The maximum atomic E-state index is 12.0. The van der Waals surface area contributed by atoms with Crippen LogP contribution in [0.1, 0.15) is 19.4 Å². The Morgan fingerprint density at radius 1 is 1.39 bits per heavy atom. The van der Waals surface area contributed by atoms with E-state index in [0.717, 1.165) is 5.56 Å². The highest BCUT2D eigenvalue weighted by Crippen LogP contribution is 2.28. The summed E-state index contributed by atoms with van der Waals surface area (Å²) < 4.78 is 15.2. The van der Waals surface area contributed by atoms with Gasteiger partial charge in [-0.3, -0.25) is 0 Å². The molecule has 23 heavy (non-hydrogen) atoms. The van der Waals surface area contributed by atoms with Gasteiger partial charge in [-0.1, -0.05) is 30.3 Å². The largest absolute Gasteiger partial charge is 0.458 e. The molecule has 2 rings (SSSR count). The lowest BCUT2D eigenvalue weighted by molar-refractivity contribution is -0.205. The van der Waals surface area contributed by atoms with Gasteiger partial charge in [0.2, 0.25) is 0 Å². The van der Waals surface area contributed by atoms with Crippen molar-refractivity contribution in [3.63, 3.8) is 0 Å². The van der Waals surface area contributed by atoms with Gasteiger partial charge >= 0.3 is 12.1 Å². The fraction of sp³-hybridized carbons (Fsp3) is 0.500. The lowest BCUT2D eigenvalue weighted by Crippen LogP contribution is -2.68.